The molecule has 1 aromatic carbocycles. The summed E-state index contributed by atoms with van der Waals surface area (Å²) in [7, 11) is 0. The Morgan fingerprint density at radius 1 is 1.58 bits per heavy atom. The van der Waals surface area contributed by atoms with Gasteiger partial charge in [-0.1, -0.05) is 19.1 Å². The Hall–Kier alpha value is -1.55. The maximum atomic E-state index is 11.7. The molecule has 1 aromatic rings. The highest BCUT2D eigenvalue weighted by molar-refractivity contribution is 5.77. The summed E-state index contributed by atoms with van der Waals surface area (Å²) >= 11 is 0. The molecule has 104 valence electrons. The number of hydrogen-bond donors (Lipinski definition) is 2. The summed E-state index contributed by atoms with van der Waals surface area (Å²) in [5, 5.41) is 12.7. The molecule has 19 heavy (non-hydrogen) atoms. The summed E-state index contributed by atoms with van der Waals surface area (Å²) in [5.41, 5.74) is 1.96. The fourth-order valence-corrected chi connectivity index (χ4v) is 2.30. The second-order valence-electron chi connectivity index (χ2n) is 5.04. The molecule has 4 heteroatoms. The lowest BCUT2D eigenvalue weighted by Crippen LogP contribution is -2.35. The van der Waals surface area contributed by atoms with Crippen molar-refractivity contribution < 1.29 is 14.6 Å². The fraction of sp³-hybridized carbons (Fsp3) is 0.533. The van der Waals surface area contributed by atoms with E-state index in [9.17, 15) is 9.90 Å². The third kappa shape index (κ3) is 3.26. The van der Waals surface area contributed by atoms with Crippen LogP contribution in [-0.2, 0) is 11.2 Å². The predicted octanol–water partition coefficient (Wildman–Crippen LogP) is 1.96. The minimum Gasteiger partial charge on any atom is -0.483 e. The van der Waals surface area contributed by atoms with E-state index in [0.29, 0.717) is 5.75 Å². The second-order valence-corrected chi connectivity index (χ2v) is 5.04. The summed E-state index contributed by atoms with van der Waals surface area (Å²) in [6.45, 7) is 4.02. The third-order valence-corrected chi connectivity index (χ3v) is 3.57. The smallest absolute Gasteiger partial charge is 0.258 e. The van der Waals surface area contributed by atoms with E-state index in [2.05, 4.69) is 5.32 Å². The first-order valence-corrected chi connectivity index (χ1v) is 6.83. The van der Waals surface area contributed by atoms with Crippen molar-refractivity contribution in [3.8, 4) is 5.75 Å². The van der Waals surface area contributed by atoms with Crippen molar-refractivity contribution >= 4 is 5.91 Å². The van der Waals surface area contributed by atoms with Gasteiger partial charge in [-0.2, -0.15) is 0 Å². The zero-order chi connectivity index (χ0) is 13.8. The van der Waals surface area contributed by atoms with Crippen molar-refractivity contribution in [3.63, 3.8) is 0 Å². The van der Waals surface area contributed by atoms with Crippen LogP contribution in [0.2, 0.25) is 0 Å². The third-order valence-electron chi connectivity index (χ3n) is 3.57. The van der Waals surface area contributed by atoms with Gasteiger partial charge in [-0.15, -0.1) is 0 Å². The van der Waals surface area contributed by atoms with Crippen LogP contribution in [0.25, 0.3) is 0 Å². The summed E-state index contributed by atoms with van der Waals surface area (Å²) in [5.74, 6) is 0.610. The number of aliphatic hydroxyl groups excluding tert-OH is 1. The van der Waals surface area contributed by atoms with Gasteiger partial charge in [0.15, 0.2) is 6.61 Å². The van der Waals surface area contributed by atoms with E-state index in [1.807, 2.05) is 32.0 Å². The number of fused-ring (bicyclic) bond motifs is 1. The standard InChI is InChI=1S/C15H21NO3/c1-3-10(2)16-15(18)9-19-14-6-4-5-11-12(14)7-8-13(11)17/h4-6,10,13,17H,3,7-9H2,1-2H3,(H,16,18). The maximum absolute atomic E-state index is 11.7. The Balaban J connectivity index is 1.96. The largest absolute Gasteiger partial charge is 0.483 e. The highest BCUT2D eigenvalue weighted by atomic mass is 16.5. The van der Waals surface area contributed by atoms with Gasteiger partial charge in [-0.05, 0) is 37.8 Å². The van der Waals surface area contributed by atoms with E-state index < -0.39 is 6.10 Å². The Bertz CT molecular complexity index is 459. The fourth-order valence-electron chi connectivity index (χ4n) is 2.30. The summed E-state index contributed by atoms with van der Waals surface area (Å²) in [4.78, 5) is 11.7. The minimum atomic E-state index is -0.396. The van der Waals surface area contributed by atoms with Crippen molar-refractivity contribution in [2.24, 2.45) is 0 Å². The van der Waals surface area contributed by atoms with E-state index in [4.69, 9.17) is 4.74 Å². The number of carbonyl (C=O) groups excluding carboxylic acids is 1. The van der Waals surface area contributed by atoms with E-state index in [0.717, 1.165) is 30.4 Å². The molecule has 1 aliphatic rings. The topological polar surface area (TPSA) is 58.6 Å². The van der Waals surface area contributed by atoms with Gasteiger partial charge in [0.05, 0.1) is 6.10 Å². The Labute approximate surface area is 113 Å². The number of benzene rings is 1. The molecule has 4 nitrogen and oxygen atoms in total. The summed E-state index contributed by atoms with van der Waals surface area (Å²) < 4.78 is 5.58. The molecule has 0 bridgehead atoms. The van der Waals surface area contributed by atoms with Crippen LogP contribution in [-0.4, -0.2) is 23.7 Å². The van der Waals surface area contributed by atoms with Crippen LogP contribution < -0.4 is 10.1 Å². The summed E-state index contributed by atoms with van der Waals surface area (Å²) in [6, 6.07) is 5.79. The average Bonchev–Trinajstić information content (AvgIpc) is 2.79. The molecule has 0 fully saturated rings. The lowest BCUT2D eigenvalue weighted by Gasteiger charge is -2.14. The van der Waals surface area contributed by atoms with E-state index >= 15 is 0 Å². The first-order valence-electron chi connectivity index (χ1n) is 6.83. The number of ether oxygens (including phenoxy) is 1. The molecule has 2 rings (SSSR count). The van der Waals surface area contributed by atoms with Crippen LogP contribution >= 0.6 is 0 Å². The Kier molecular flexibility index (Phi) is 4.43. The summed E-state index contributed by atoms with van der Waals surface area (Å²) in [6.07, 6.45) is 2.04. The quantitative estimate of drug-likeness (QED) is 0.853. The molecular weight excluding hydrogens is 242 g/mol. The van der Waals surface area contributed by atoms with Gasteiger partial charge in [-0.25, -0.2) is 0 Å². The number of carbonyl (C=O) groups is 1. The molecule has 2 unspecified atom stereocenters. The van der Waals surface area contributed by atoms with E-state index in [1.165, 1.54) is 0 Å². The molecule has 0 heterocycles. The van der Waals surface area contributed by atoms with Crippen LogP contribution in [0, 0.1) is 0 Å². The molecular formula is C15H21NO3. The molecule has 1 aliphatic carbocycles. The molecule has 0 spiro atoms. The molecule has 0 saturated heterocycles. The van der Waals surface area contributed by atoms with Gasteiger partial charge in [0, 0.05) is 11.6 Å². The van der Waals surface area contributed by atoms with Gasteiger partial charge in [0.25, 0.3) is 5.91 Å². The van der Waals surface area contributed by atoms with Crippen LogP contribution in [0.4, 0.5) is 0 Å². The second kappa shape index (κ2) is 6.06. The van der Waals surface area contributed by atoms with Crippen molar-refractivity contribution in [1.29, 1.82) is 0 Å². The minimum absolute atomic E-state index is 0.0247. The number of amides is 1. The number of nitrogens with one attached hydrogen (secondary N) is 1. The SMILES string of the molecule is CCC(C)NC(=O)COc1cccc2c1CCC2O. The highest BCUT2D eigenvalue weighted by Gasteiger charge is 2.23. The van der Waals surface area contributed by atoms with Gasteiger partial charge in [0.1, 0.15) is 5.75 Å². The number of rotatable bonds is 5. The molecule has 0 saturated carbocycles. The monoisotopic (exact) mass is 263 g/mol. The van der Waals surface area contributed by atoms with E-state index in [1.54, 1.807) is 0 Å². The van der Waals surface area contributed by atoms with Crippen LogP contribution in [0.15, 0.2) is 18.2 Å². The van der Waals surface area contributed by atoms with Crippen LogP contribution in [0.1, 0.15) is 43.9 Å². The average molecular weight is 263 g/mol. The Morgan fingerprint density at radius 3 is 3.11 bits per heavy atom. The van der Waals surface area contributed by atoms with Gasteiger partial charge < -0.3 is 15.2 Å². The molecule has 1 amide bonds. The van der Waals surface area contributed by atoms with Crippen molar-refractivity contribution in [1.82, 2.24) is 5.32 Å². The van der Waals surface area contributed by atoms with Crippen molar-refractivity contribution in [3.05, 3.63) is 29.3 Å². The van der Waals surface area contributed by atoms with E-state index in [-0.39, 0.29) is 18.6 Å². The van der Waals surface area contributed by atoms with Crippen molar-refractivity contribution in [2.75, 3.05) is 6.61 Å². The van der Waals surface area contributed by atoms with Crippen LogP contribution in [0.5, 0.6) is 5.75 Å². The molecule has 0 radical (unpaired) electrons. The first kappa shape index (κ1) is 13.9. The lowest BCUT2D eigenvalue weighted by atomic mass is 10.1. The zero-order valence-corrected chi connectivity index (χ0v) is 11.5. The molecule has 0 aromatic heterocycles. The highest BCUT2D eigenvalue weighted by Crippen LogP contribution is 2.36. The van der Waals surface area contributed by atoms with Crippen molar-refractivity contribution in [2.45, 2.75) is 45.3 Å². The number of hydrogen-bond acceptors (Lipinski definition) is 3. The normalized spacial score (nSPS) is 18.8. The van der Waals surface area contributed by atoms with Gasteiger partial charge >= 0.3 is 0 Å². The maximum Gasteiger partial charge on any atom is 0.258 e. The molecule has 2 N–H and O–H groups in total. The van der Waals surface area contributed by atoms with Gasteiger partial charge in [0.2, 0.25) is 0 Å². The zero-order valence-electron chi connectivity index (χ0n) is 11.5. The predicted molar refractivity (Wildman–Crippen MR) is 73.1 cm³/mol. The Morgan fingerprint density at radius 2 is 2.37 bits per heavy atom. The lowest BCUT2D eigenvalue weighted by molar-refractivity contribution is -0.123. The van der Waals surface area contributed by atoms with Gasteiger partial charge in [-0.3, -0.25) is 4.79 Å². The van der Waals surface area contributed by atoms with Crippen LogP contribution in [0.3, 0.4) is 0 Å². The molecule has 2 atom stereocenters. The number of aliphatic hydroxyl groups is 1. The molecule has 0 aliphatic heterocycles. The first-order chi connectivity index (χ1) is 9.11.